The van der Waals surface area contributed by atoms with Crippen LogP contribution >= 0.6 is 0 Å². The molecule has 0 saturated carbocycles. The van der Waals surface area contributed by atoms with E-state index in [1.54, 1.807) is 0 Å². The molecule has 2 aromatic rings. The van der Waals surface area contributed by atoms with Crippen molar-refractivity contribution in [1.82, 2.24) is 9.78 Å². The van der Waals surface area contributed by atoms with E-state index in [2.05, 4.69) is 43.2 Å². The SMILES string of the molecule is Cc1nn(C)c(C)c1C(N)CC1CCCc2ccccc21. The van der Waals surface area contributed by atoms with E-state index in [4.69, 9.17) is 5.73 Å². The highest BCUT2D eigenvalue weighted by molar-refractivity contribution is 5.34. The zero-order chi connectivity index (χ0) is 15.0. The summed E-state index contributed by atoms with van der Waals surface area (Å²) in [5, 5.41) is 4.51. The first-order valence-corrected chi connectivity index (χ1v) is 7.91. The summed E-state index contributed by atoms with van der Waals surface area (Å²) >= 11 is 0. The summed E-state index contributed by atoms with van der Waals surface area (Å²) in [7, 11) is 1.99. The average Bonchev–Trinajstić information content (AvgIpc) is 2.72. The molecule has 0 radical (unpaired) electrons. The fourth-order valence-electron chi connectivity index (χ4n) is 3.85. The first kappa shape index (κ1) is 14.3. The lowest BCUT2D eigenvalue weighted by molar-refractivity contribution is 0.474. The Bertz CT molecular complexity index is 642. The Morgan fingerprint density at radius 1 is 1.33 bits per heavy atom. The van der Waals surface area contributed by atoms with Gasteiger partial charge in [-0.1, -0.05) is 24.3 Å². The van der Waals surface area contributed by atoms with E-state index in [0.29, 0.717) is 5.92 Å². The average molecular weight is 283 g/mol. The first-order chi connectivity index (χ1) is 10.1. The highest BCUT2D eigenvalue weighted by Crippen LogP contribution is 2.37. The van der Waals surface area contributed by atoms with Crippen molar-refractivity contribution in [2.24, 2.45) is 12.8 Å². The molecule has 1 aromatic heterocycles. The van der Waals surface area contributed by atoms with Crippen molar-refractivity contribution < 1.29 is 0 Å². The minimum atomic E-state index is 0.0786. The second kappa shape index (κ2) is 5.64. The number of hydrogen-bond donors (Lipinski definition) is 1. The van der Waals surface area contributed by atoms with Gasteiger partial charge in [0.15, 0.2) is 0 Å². The van der Waals surface area contributed by atoms with Gasteiger partial charge in [-0.3, -0.25) is 4.68 Å². The molecule has 112 valence electrons. The van der Waals surface area contributed by atoms with E-state index < -0.39 is 0 Å². The molecule has 21 heavy (non-hydrogen) atoms. The summed E-state index contributed by atoms with van der Waals surface area (Å²) in [6.45, 7) is 4.18. The fraction of sp³-hybridized carbons (Fsp3) is 0.500. The monoisotopic (exact) mass is 283 g/mol. The van der Waals surface area contributed by atoms with Crippen LogP contribution in [0.1, 0.15) is 59.3 Å². The van der Waals surface area contributed by atoms with Gasteiger partial charge in [-0.05, 0) is 56.6 Å². The van der Waals surface area contributed by atoms with Crippen molar-refractivity contribution in [2.75, 3.05) is 0 Å². The number of benzene rings is 1. The molecule has 1 aliphatic rings. The van der Waals surface area contributed by atoms with E-state index in [0.717, 1.165) is 12.1 Å². The molecule has 3 rings (SSSR count). The van der Waals surface area contributed by atoms with Crippen molar-refractivity contribution in [2.45, 2.75) is 51.5 Å². The van der Waals surface area contributed by atoms with Crippen LogP contribution in [0.25, 0.3) is 0 Å². The minimum absolute atomic E-state index is 0.0786. The van der Waals surface area contributed by atoms with Crippen molar-refractivity contribution in [3.05, 3.63) is 52.3 Å². The van der Waals surface area contributed by atoms with Gasteiger partial charge >= 0.3 is 0 Å². The number of aryl methyl sites for hydroxylation is 3. The molecular formula is C18H25N3. The third kappa shape index (κ3) is 2.62. The van der Waals surface area contributed by atoms with Crippen LogP contribution in [0.5, 0.6) is 0 Å². The van der Waals surface area contributed by atoms with Crippen LogP contribution in [0.3, 0.4) is 0 Å². The Balaban J connectivity index is 1.84. The number of hydrogen-bond acceptors (Lipinski definition) is 2. The van der Waals surface area contributed by atoms with Crippen LogP contribution in [0.15, 0.2) is 24.3 Å². The molecule has 0 saturated heterocycles. The molecule has 0 bridgehead atoms. The molecule has 1 aromatic carbocycles. The first-order valence-electron chi connectivity index (χ1n) is 7.91. The highest BCUT2D eigenvalue weighted by atomic mass is 15.3. The molecule has 0 aliphatic heterocycles. The fourth-order valence-corrected chi connectivity index (χ4v) is 3.85. The van der Waals surface area contributed by atoms with Crippen LogP contribution in [-0.4, -0.2) is 9.78 Å². The van der Waals surface area contributed by atoms with E-state index in [9.17, 15) is 0 Å². The maximum Gasteiger partial charge on any atom is 0.0644 e. The zero-order valence-corrected chi connectivity index (χ0v) is 13.3. The molecule has 1 heterocycles. The topological polar surface area (TPSA) is 43.8 Å². The Labute approximate surface area is 127 Å². The predicted octanol–water partition coefficient (Wildman–Crippen LogP) is 3.55. The second-order valence-corrected chi connectivity index (χ2v) is 6.34. The normalized spacial score (nSPS) is 19.3. The van der Waals surface area contributed by atoms with Gasteiger partial charge < -0.3 is 5.73 Å². The maximum absolute atomic E-state index is 6.54. The van der Waals surface area contributed by atoms with Crippen LogP contribution in [0.4, 0.5) is 0 Å². The standard InChI is InChI=1S/C18H25N3/c1-12-18(13(2)21(3)20-12)17(19)11-15-9-6-8-14-7-4-5-10-16(14)15/h4-5,7,10,15,17H,6,8-9,11,19H2,1-3H3. The minimum Gasteiger partial charge on any atom is -0.324 e. The number of aromatic nitrogens is 2. The Hall–Kier alpha value is -1.61. The van der Waals surface area contributed by atoms with E-state index in [1.807, 2.05) is 11.7 Å². The maximum atomic E-state index is 6.54. The van der Waals surface area contributed by atoms with Gasteiger partial charge in [0.2, 0.25) is 0 Å². The summed E-state index contributed by atoms with van der Waals surface area (Å²) in [5.74, 6) is 0.587. The molecule has 3 heteroatoms. The van der Waals surface area contributed by atoms with Crippen LogP contribution in [0, 0.1) is 13.8 Å². The van der Waals surface area contributed by atoms with Crippen LogP contribution in [-0.2, 0) is 13.5 Å². The van der Waals surface area contributed by atoms with Crippen LogP contribution in [0.2, 0.25) is 0 Å². The van der Waals surface area contributed by atoms with E-state index >= 15 is 0 Å². The number of nitrogens with two attached hydrogens (primary N) is 1. The number of nitrogens with zero attached hydrogens (tertiary/aromatic N) is 2. The van der Waals surface area contributed by atoms with Crippen LogP contribution < -0.4 is 5.73 Å². The lowest BCUT2D eigenvalue weighted by Gasteiger charge is -2.28. The summed E-state index contributed by atoms with van der Waals surface area (Å²) < 4.78 is 1.94. The van der Waals surface area contributed by atoms with Crippen molar-refractivity contribution >= 4 is 0 Å². The Morgan fingerprint density at radius 3 is 2.81 bits per heavy atom. The molecule has 1 aliphatic carbocycles. The van der Waals surface area contributed by atoms with Crippen molar-refractivity contribution in [1.29, 1.82) is 0 Å². The van der Waals surface area contributed by atoms with Gasteiger partial charge in [0.1, 0.15) is 0 Å². The van der Waals surface area contributed by atoms with Gasteiger partial charge in [0.05, 0.1) is 5.69 Å². The molecule has 0 spiro atoms. The smallest absolute Gasteiger partial charge is 0.0644 e. The Kier molecular flexibility index (Phi) is 3.85. The summed E-state index contributed by atoms with van der Waals surface area (Å²) in [5.41, 5.74) is 13.1. The molecular weight excluding hydrogens is 258 g/mol. The van der Waals surface area contributed by atoms with Crippen molar-refractivity contribution in [3.8, 4) is 0 Å². The molecule has 2 unspecified atom stereocenters. The molecule has 3 nitrogen and oxygen atoms in total. The lowest BCUT2D eigenvalue weighted by atomic mass is 9.78. The highest BCUT2D eigenvalue weighted by Gasteiger charge is 2.25. The lowest BCUT2D eigenvalue weighted by Crippen LogP contribution is -2.19. The largest absolute Gasteiger partial charge is 0.324 e. The van der Waals surface area contributed by atoms with Gasteiger partial charge in [-0.2, -0.15) is 5.10 Å². The number of rotatable bonds is 3. The molecule has 0 fully saturated rings. The number of fused-ring (bicyclic) bond motifs is 1. The van der Waals surface area contributed by atoms with E-state index in [1.165, 1.54) is 41.6 Å². The Morgan fingerprint density at radius 2 is 2.10 bits per heavy atom. The summed E-state index contributed by atoms with van der Waals surface area (Å²) in [6.07, 6.45) is 4.76. The third-order valence-electron chi connectivity index (χ3n) is 4.97. The molecule has 2 N–H and O–H groups in total. The molecule has 2 atom stereocenters. The van der Waals surface area contributed by atoms with Gasteiger partial charge in [0.25, 0.3) is 0 Å². The van der Waals surface area contributed by atoms with E-state index in [-0.39, 0.29) is 6.04 Å². The second-order valence-electron chi connectivity index (χ2n) is 6.34. The quantitative estimate of drug-likeness (QED) is 0.936. The third-order valence-corrected chi connectivity index (χ3v) is 4.97. The molecule has 0 amide bonds. The van der Waals surface area contributed by atoms with Gasteiger partial charge in [-0.15, -0.1) is 0 Å². The zero-order valence-electron chi connectivity index (χ0n) is 13.3. The van der Waals surface area contributed by atoms with Gasteiger partial charge in [-0.25, -0.2) is 0 Å². The van der Waals surface area contributed by atoms with Gasteiger partial charge in [0, 0.05) is 24.3 Å². The van der Waals surface area contributed by atoms with Crippen molar-refractivity contribution in [3.63, 3.8) is 0 Å². The summed E-state index contributed by atoms with van der Waals surface area (Å²) in [6, 6.07) is 8.94. The predicted molar refractivity (Wildman–Crippen MR) is 86.3 cm³/mol. The summed E-state index contributed by atoms with van der Waals surface area (Å²) in [4.78, 5) is 0.